The van der Waals surface area contributed by atoms with Crippen molar-refractivity contribution in [1.29, 1.82) is 0 Å². The van der Waals surface area contributed by atoms with Crippen molar-refractivity contribution in [3.63, 3.8) is 0 Å². The summed E-state index contributed by atoms with van der Waals surface area (Å²) in [7, 11) is 7.38. The van der Waals surface area contributed by atoms with Crippen LogP contribution in [0.2, 0.25) is 0 Å². The van der Waals surface area contributed by atoms with E-state index in [1.54, 1.807) is 7.05 Å². The Morgan fingerprint density at radius 2 is 1.96 bits per heavy atom. The molecule has 0 aromatic heterocycles. The number of ether oxygens (including phenoxy) is 1. The van der Waals surface area contributed by atoms with Crippen LogP contribution in [0.4, 0.5) is 0 Å². The van der Waals surface area contributed by atoms with Crippen LogP contribution in [0.3, 0.4) is 0 Å². The first-order valence-corrected chi connectivity index (χ1v) is 8.71. The van der Waals surface area contributed by atoms with Crippen LogP contribution in [-0.4, -0.2) is 63.1 Å². The van der Waals surface area contributed by atoms with Gasteiger partial charge in [0.25, 0.3) is 0 Å². The van der Waals surface area contributed by atoms with Crippen molar-refractivity contribution in [2.75, 3.05) is 41.3 Å². The molecule has 1 heterocycles. The number of hydrogen-bond acceptors (Lipinski definition) is 4. The summed E-state index contributed by atoms with van der Waals surface area (Å²) in [4.78, 5) is 20.6. The Balaban J connectivity index is 0.00000338. The minimum atomic E-state index is -0.137. The molecule has 6 nitrogen and oxygen atoms in total. The van der Waals surface area contributed by atoms with E-state index in [0.717, 1.165) is 19.0 Å². The Bertz CT molecular complexity index is 621. The minimum Gasteiger partial charge on any atom is -0.469 e. The SMILES string of the molecule is CN=C(NCc1ccccc1CN(C)C)N1CC(C)C(C(=O)OC)C1.I. The van der Waals surface area contributed by atoms with Crippen LogP contribution in [0.1, 0.15) is 18.1 Å². The van der Waals surface area contributed by atoms with Gasteiger partial charge < -0.3 is 19.9 Å². The molecule has 1 saturated heterocycles. The van der Waals surface area contributed by atoms with E-state index in [4.69, 9.17) is 4.74 Å². The molecule has 1 aromatic rings. The topological polar surface area (TPSA) is 57.2 Å². The third kappa shape index (κ3) is 5.84. The Morgan fingerprint density at radius 1 is 1.31 bits per heavy atom. The first-order valence-electron chi connectivity index (χ1n) is 8.71. The lowest BCUT2D eigenvalue weighted by atomic mass is 9.99. The molecule has 26 heavy (non-hydrogen) atoms. The number of aliphatic imine (C=N–C) groups is 1. The summed E-state index contributed by atoms with van der Waals surface area (Å²) in [6.07, 6.45) is 0. The molecule has 1 aliphatic heterocycles. The molecule has 0 saturated carbocycles. The molecule has 0 aliphatic carbocycles. The molecular formula is C19H31IN4O2. The summed E-state index contributed by atoms with van der Waals surface area (Å²) in [6, 6.07) is 8.43. The van der Waals surface area contributed by atoms with E-state index in [1.165, 1.54) is 18.2 Å². The number of benzene rings is 1. The van der Waals surface area contributed by atoms with Crippen molar-refractivity contribution in [1.82, 2.24) is 15.1 Å². The third-order valence-electron chi connectivity index (χ3n) is 4.67. The van der Waals surface area contributed by atoms with Gasteiger partial charge in [-0.15, -0.1) is 24.0 Å². The number of likely N-dealkylation sites (tertiary alicyclic amines) is 1. The third-order valence-corrected chi connectivity index (χ3v) is 4.67. The van der Waals surface area contributed by atoms with Crippen LogP contribution in [0, 0.1) is 11.8 Å². The lowest BCUT2D eigenvalue weighted by Crippen LogP contribution is -2.40. The van der Waals surface area contributed by atoms with Crippen molar-refractivity contribution in [2.45, 2.75) is 20.0 Å². The monoisotopic (exact) mass is 474 g/mol. The second-order valence-corrected chi connectivity index (χ2v) is 6.92. The lowest BCUT2D eigenvalue weighted by Gasteiger charge is -2.22. The Labute approximate surface area is 174 Å². The van der Waals surface area contributed by atoms with E-state index >= 15 is 0 Å². The zero-order chi connectivity index (χ0) is 18.4. The first kappa shape index (κ1) is 22.7. The van der Waals surface area contributed by atoms with Gasteiger partial charge in [-0.25, -0.2) is 0 Å². The van der Waals surface area contributed by atoms with E-state index in [9.17, 15) is 4.79 Å². The molecule has 2 rings (SSSR count). The molecule has 0 spiro atoms. The lowest BCUT2D eigenvalue weighted by molar-refractivity contribution is -0.145. The molecule has 1 N–H and O–H groups in total. The van der Waals surface area contributed by atoms with Crippen LogP contribution >= 0.6 is 24.0 Å². The highest BCUT2D eigenvalue weighted by atomic mass is 127. The maximum absolute atomic E-state index is 11.9. The molecular weight excluding hydrogens is 443 g/mol. The standard InChI is InChI=1S/C19H30N4O2.HI/c1-14-11-23(13-17(14)18(24)25-5)19(20-2)21-10-15-8-6-7-9-16(15)12-22(3)4;/h6-9,14,17H,10-13H2,1-5H3,(H,20,21);1H. The van der Waals surface area contributed by atoms with Crippen LogP contribution in [0.5, 0.6) is 0 Å². The fourth-order valence-corrected chi connectivity index (χ4v) is 3.33. The Hall–Kier alpha value is -1.35. The van der Waals surface area contributed by atoms with Gasteiger partial charge in [0, 0.05) is 33.2 Å². The van der Waals surface area contributed by atoms with Gasteiger partial charge in [-0.3, -0.25) is 9.79 Å². The Kier molecular flexibility index (Phi) is 9.35. The normalized spacial score (nSPS) is 20.1. The number of nitrogens with one attached hydrogen (secondary N) is 1. The fourth-order valence-electron chi connectivity index (χ4n) is 3.33. The van der Waals surface area contributed by atoms with E-state index in [0.29, 0.717) is 13.1 Å². The number of hydrogen-bond donors (Lipinski definition) is 1. The number of guanidine groups is 1. The van der Waals surface area contributed by atoms with Gasteiger partial charge in [0.2, 0.25) is 0 Å². The highest BCUT2D eigenvalue weighted by Gasteiger charge is 2.36. The van der Waals surface area contributed by atoms with Crippen molar-refractivity contribution in [2.24, 2.45) is 16.8 Å². The quantitative estimate of drug-likeness (QED) is 0.307. The summed E-state index contributed by atoms with van der Waals surface area (Å²) < 4.78 is 4.92. The van der Waals surface area contributed by atoms with E-state index < -0.39 is 0 Å². The predicted octanol–water partition coefficient (Wildman–Crippen LogP) is 2.18. The van der Waals surface area contributed by atoms with Crippen molar-refractivity contribution in [3.05, 3.63) is 35.4 Å². The Morgan fingerprint density at radius 3 is 2.54 bits per heavy atom. The second-order valence-electron chi connectivity index (χ2n) is 6.92. The van der Waals surface area contributed by atoms with Crippen molar-refractivity contribution >= 4 is 35.9 Å². The van der Waals surface area contributed by atoms with Crippen LogP contribution in [-0.2, 0) is 22.6 Å². The highest BCUT2D eigenvalue weighted by Crippen LogP contribution is 2.24. The molecule has 1 fully saturated rings. The maximum Gasteiger partial charge on any atom is 0.310 e. The number of esters is 1. The second kappa shape index (κ2) is 10.7. The van der Waals surface area contributed by atoms with Gasteiger partial charge in [-0.05, 0) is 31.1 Å². The first-order chi connectivity index (χ1) is 12.0. The molecule has 146 valence electrons. The fraction of sp³-hybridized carbons (Fsp3) is 0.579. The van der Waals surface area contributed by atoms with Gasteiger partial charge in [0.1, 0.15) is 0 Å². The molecule has 0 amide bonds. The molecule has 2 atom stereocenters. The molecule has 2 unspecified atom stereocenters. The van der Waals surface area contributed by atoms with Gasteiger partial charge in [-0.2, -0.15) is 0 Å². The number of carbonyl (C=O) groups is 1. The van der Waals surface area contributed by atoms with E-state index in [2.05, 4.69) is 65.4 Å². The zero-order valence-corrected chi connectivity index (χ0v) is 18.7. The maximum atomic E-state index is 11.9. The van der Waals surface area contributed by atoms with Crippen molar-refractivity contribution in [3.8, 4) is 0 Å². The summed E-state index contributed by atoms with van der Waals surface area (Å²) in [5.41, 5.74) is 2.56. The number of rotatable bonds is 5. The molecule has 1 aliphatic rings. The summed E-state index contributed by atoms with van der Waals surface area (Å²) in [5, 5.41) is 3.44. The summed E-state index contributed by atoms with van der Waals surface area (Å²) >= 11 is 0. The number of methoxy groups -OCH3 is 1. The van der Waals surface area contributed by atoms with Gasteiger partial charge in [0.15, 0.2) is 5.96 Å². The van der Waals surface area contributed by atoms with E-state index in [1.807, 2.05) is 0 Å². The predicted molar refractivity (Wildman–Crippen MR) is 116 cm³/mol. The van der Waals surface area contributed by atoms with E-state index in [-0.39, 0.29) is 41.8 Å². The van der Waals surface area contributed by atoms with Crippen molar-refractivity contribution < 1.29 is 9.53 Å². The highest BCUT2D eigenvalue weighted by molar-refractivity contribution is 14.0. The average molecular weight is 474 g/mol. The summed E-state index contributed by atoms with van der Waals surface area (Å²) in [6.45, 7) is 5.15. The zero-order valence-electron chi connectivity index (χ0n) is 16.4. The number of halogens is 1. The van der Waals surface area contributed by atoms with Crippen LogP contribution < -0.4 is 5.32 Å². The van der Waals surface area contributed by atoms with Gasteiger partial charge in [0.05, 0.1) is 13.0 Å². The molecule has 0 bridgehead atoms. The minimum absolute atomic E-state index is 0. The molecule has 7 heteroatoms. The average Bonchev–Trinajstić information content (AvgIpc) is 2.97. The molecule has 1 aromatic carbocycles. The van der Waals surface area contributed by atoms with Gasteiger partial charge >= 0.3 is 5.97 Å². The van der Waals surface area contributed by atoms with Crippen LogP contribution in [0.25, 0.3) is 0 Å². The number of nitrogens with zero attached hydrogens (tertiary/aromatic N) is 3. The number of carbonyl (C=O) groups excluding carboxylic acids is 1. The van der Waals surface area contributed by atoms with Gasteiger partial charge in [-0.1, -0.05) is 31.2 Å². The smallest absolute Gasteiger partial charge is 0.310 e. The largest absolute Gasteiger partial charge is 0.469 e. The summed E-state index contributed by atoms with van der Waals surface area (Å²) in [5.74, 6) is 0.858. The molecule has 0 radical (unpaired) electrons. The van der Waals surface area contributed by atoms with Crippen LogP contribution in [0.15, 0.2) is 29.3 Å².